The lowest BCUT2D eigenvalue weighted by Crippen LogP contribution is -2.44. The molecule has 0 radical (unpaired) electrons. The highest BCUT2D eigenvalue weighted by atomic mass is 79.9. The first kappa shape index (κ1) is 9.56. The summed E-state index contributed by atoms with van der Waals surface area (Å²) in [7, 11) is 0. The molecule has 70 valence electrons. The summed E-state index contributed by atoms with van der Waals surface area (Å²) in [6, 6.07) is 8.45. The molecule has 1 N–H and O–H groups in total. The van der Waals surface area contributed by atoms with Crippen LogP contribution in [0.25, 0.3) is 0 Å². The highest BCUT2D eigenvalue weighted by Gasteiger charge is 2.16. The molecule has 1 saturated heterocycles. The van der Waals surface area contributed by atoms with Crippen molar-refractivity contribution >= 4 is 27.7 Å². The summed E-state index contributed by atoms with van der Waals surface area (Å²) in [5.41, 5.74) is 1.40. The van der Waals surface area contributed by atoms with E-state index >= 15 is 0 Å². The number of benzene rings is 1. The molecule has 0 bridgehead atoms. The van der Waals surface area contributed by atoms with E-state index in [2.05, 4.69) is 45.5 Å². The summed E-state index contributed by atoms with van der Waals surface area (Å²) in [6.45, 7) is 2.35. The first-order chi connectivity index (χ1) is 6.36. The molecule has 1 nitrogen and oxygen atoms in total. The second kappa shape index (κ2) is 4.49. The number of rotatable bonds is 3. The highest BCUT2D eigenvalue weighted by molar-refractivity contribution is 9.10. The zero-order chi connectivity index (χ0) is 9.10. The zero-order valence-electron chi connectivity index (χ0n) is 7.29. The van der Waals surface area contributed by atoms with E-state index in [1.54, 1.807) is 0 Å². The zero-order valence-corrected chi connectivity index (χ0v) is 9.70. The quantitative estimate of drug-likeness (QED) is 0.894. The Labute approximate surface area is 91.4 Å². The number of hydrogen-bond donors (Lipinski definition) is 1. The fraction of sp³-hybridized carbons (Fsp3) is 0.400. The van der Waals surface area contributed by atoms with Crippen LogP contribution in [-0.4, -0.2) is 18.3 Å². The molecule has 0 spiro atoms. The Morgan fingerprint density at radius 2 is 2.15 bits per heavy atom. The Hall–Kier alpha value is 0.01000. The van der Waals surface area contributed by atoms with Gasteiger partial charge in [-0.05, 0) is 11.6 Å². The average molecular weight is 258 g/mol. The largest absolute Gasteiger partial charge is 0.314 e. The maximum Gasteiger partial charge on any atom is 0.0300 e. The van der Waals surface area contributed by atoms with Gasteiger partial charge in [0, 0.05) is 28.6 Å². The van der Waals surface area contributed by atoms with Crippen molar-refractivity contribution in [2.45, 2.75) is 11.0 Å². The molecule has 1 aromatic carbocycles. The molecule has 1 aromatic rings. The third-order valence-corrected chi connectivity index (χ3v) is 4.23. The molecule has 1 aliphatic rings. The molecule has 13 heavy (non-hydrogen) atoms. The van der Waals surface area contributed by atoms with E-state index in [0.29, 0.717) is 0 Å². The minimum absolute atomic E-state index is 0.826. The average Bonchev–Trinajstić information content (AvgIpc) is 2.05. The second-order valence-corrected chi connectivity index (χ2v) is 5.33. The van der Waals surface area contributed by atoms with Crippen LogP contribution >= 0.6 is 27.7 Å². The maximum absolute atomic E-state index is 3.56. The van der Waals surface area contributed by atoms with Crippen molar-refractivity contribution in [2.24, 2.45) is 0 Å². The minimum atomic E-state index is 0.826. The number of halogens is 1. The van der Waals surface area contributed by atoms with Gasteiger partial charge in [0.1, 0.15) is 0 Å². The lowest BCUT2D eigenvalue weighted by Gasteiger charge is -2.26. The van der Waals surface area contributed by atoms with Gasteiger partial charge in [-0.25, -0.2) is 0 Å². The van der Waals surface area contributed by atoms with Gasteiger partial charge in [0.2, 0.25) is 0 Å². The number of thioether (sulfide) groups is 1. The predicted octanol–water partition coefficient (Wildman–Crippen LogP) is 2.65. The summed E-state index contributed by atoms with van der Waals surface area (Å²) in [5.74, 6) is 1.12. The topological polar surface area (TPSA) is 12.0 Å². The Kier molecular flexibility index (Phi) is 3.30. The summed E-state index contributed by atoms with van der Waals surface area (Å²) in [5, 5.41) is 4.11. The highest BCUT2D eigenvalue weighted by Crippen LogP contribution is 2.25. The third-order valence-electron chi connectivity index (χ3n) is 2.18. The molecule has 0 atom stereocenters. The molecule has 1 heterocycles. The maximum atomic E-state index is 3.56. The van der Waals surface area contributed by atoms with Gasteiger partial charge in [-0.3, -0.25) is 0 Å². The van der Waals surface area contributed by atoms with Crippen LogP contribution in [0.3, 0.4) is 0 Å². The fourth-order valence-electron chi connectivity index (χ4n) is 1.20. The summed E-state index contributed by atoms with van der Waals surface area (Å²) >= 11 is 5.60. The predicted molar refractivity (Wildman–Crippen MR) is 62.1 cm³/mol. The van der Waals surface area contributed by atoms with Crippen molar-refractivity contribution in [3.05, 3.63) is 34.3 Å². The van der Waals surface area contributed by atoms with E-state index in [1.165, 1.54) is 23.1 Å². The van der Waals surface area contributed by atoms with Crippen molar-refractivity contribution in [1.29, 1.82) is 0 Å². The molecule has 1 fully saturated rings. The van der Waals surface area contributed by atoms with Gasteiger partial charge in [0.05, 0.1) is 0 Å². The van der Waals surface area contributed by atoms with E-state index in [1.807, 2.05) is 11.8 Å². The number of nitrogens with one attached hydrogen (secondary N) is 1. The molecule has 3 heteroatoms. The van der Waals surface area contributed by atoms with Crippen LogP contribution in [-0.2, 0) is 5.75 Å². The molecule has 1 aliphatic heterocycles. The molecule has 0 aromatic heterocycles. The van der Waals surface area contributed by atoms with Crippen molar-refractivity contribution < 1.29 is 0 Å². The van der Waals surface area contributed by atoms with E-state index in [-0.39, 0.29) is 0 Å². The molecular weight excluding hydrogens is 246 g/mol. The summed E-state index contributed by atoms with van der Waals surface area (Å²) in [4.78, 5) is 0. The van der Waals surface area contributed by atoms with Gasteiger partial charge in [-0.1, -0.05) is 34.1 Å². The van der Waals surface area contributed by atoms with Crippen LogP contribution in [0.4, 0.5) is 0 Å². The van der Waals surface area contributed by atoms with Crippen LogP contribution in [0.1, 0.15) is 5.56 Å². The van der Waals surface area contributed by atoms with Crippen molar-refractivity contribution in [1.82, 2.24) is 5.32 Å². The Morgan fingerprint density at radius 1 is 1.38 bits per heavy atom. The standard InChI is InChI=1S/C10H12BrNS/c11-10-4-2-1-3-8(10)7-13-9-5-12-6-9/h1-4,9,12H,5-7H2. The van der Waals surface area contributed by atoms with Gasteiger partial charge >= 0.3 is 0 Å². The van der Waals surface area contributed by atoms with Gasteiger partial charge in [-0.15, -0.1) is 0 Å². The monoisotopic (exact) mass is 257 g/mol. The van der Waals surface area contributed by atoms with Gasteiger partial charge in [-0.2, -0.15) is 11.8 Å². The van der Waals surface area contributed by atoms with Gasteiger partial charge in [0.25, 0.3) is 0 Å². The van der Waals surface area contributed by atoms with Crippen LogP contribution in [0.2, 0.25) is 0 Å². The van der Waals surface area contributed by atoms with Gasteiger partial charge < -0.3 is 5.32 Å². The van der Waals surface area contributed by atoms with Crippen LogP contribution in [0, 0.1) is 0 Å². The normalized spacial score (nSPS) is 17.0. The Bertz CT molecular complexity index is 286. The lowest BCUT2D eigenvalue weighted by atomic mass is 10.2. The molecule has 2 rings (SSSR count). The molecule has 0 amide bonds. The molecule has 0 aliphatic carbocycles. The Morgan fingerprint density at radius 3 is 2.77 bits per heavy atom. The first-order valence-corrected chi connectivity index (χ1v) is 6.26. The lowest BCUT2D eigenvalue weighted by molar-refractivity contribution is 0.543. The van der Waals surface area contributed by atoms with Crippen molar-refractivity contribution in [3.8, 4) is 0 Å². The minimum Gasteiger partial charge on any atom is -0.314 e. The van der Waals surface area contributed by atoms with Crippen molar-refractivity contribution in [2.75, 3.05) is 13.1 Å². The SMILES string of the molecule is Brc1ccccc1CSC1CNC1. The van der Waals surface area contributed by atoms with Crippen LogP contribution < -0.4 is 5.32 Å². The fourth-order valence-corrected chi connectivity index (χ4v) is 2.95. The van der Waals surface area contributed by atoms with E-state index in [9.17, 15) is 0 Å². The van der Waals surface area contributed by atoms with E-state index < -0.39 is 0 Å². The molecule has 0 saturated carbocycles. The second-order valence-electron chi connectivity index (χ2n) is 3.18. The molecular formula is C10H12BrNS. The molecule has 0 unspecified atom stereocenters. The van der Waals surface area contributed by atoms with E-state index in [0.717, 1.165) is 11.0 Å². The smallest absolute Gasteiger partial charge is 0.0300 e. The summed E-state index contributed by atoms with van der Waals surface area (Å²) < 4.78 is 1.23. The number of hydrogen-bond acceptors (Lipinski definition) is 2. The van der Waals surface area contributed by atoms with Crippen LogP contribution in [0.5, 0.6) is 0 Å². The van der Waals surface area contributed by atoms with Crippen LogP contribution in [0.15, 0.2) is 28.7 Å². The Balaban J connectivity index is 1.89. The van der Waals surface area contributed by atoms with Crippen molar-refractivity contribution in [3.63, 3.8) is 0 Å². The first-order valence-electron chi connectivity index (χ1n) is 4.42. The van der Waals surface area contributed by atoms with E-state index in [4.69, 9.17) is 0 Å². The van der Waals surface area contributed by atoms with Gasteiger partial charge in [0.15, 0.2) is 0 Å². The third kappa shape index (κ3) is 2.48. The summed E-state index contributed by atoms with van der Waals surface area (Å²) in [6.07, 6.45) is 0.